The van der Waals surface area contributed by atoms with Crippen molar-refractivity contribution in [2.75, 3.05) is 6.61 Å². The molecule has 6 rings (SSSR count). The molecule has 2 amide bonds. The minimum absolute atomic E-state index is 0.0534. The van der Waals surface area contributed by atoms with E-state index in [0.29, 0.717) is 19.3 Å². The van der Waals surface area contributed by atoms with Gasteiger partial charge >= 0.3 is 5.97 Å². The summed E-state index contributed by atoms with van der Waals surface area (Å²) in [6.45, 7) is 4.40. The van der Waals surface area contributed by atoms with Gasteiger partial charge in [0.1, 0.15) is 29.5 Å². The minimum Gasteiger partial charge on any atom is -0.484 e. The number of nitrogens with zero attached hydrogens (tertiary/aromatic N) is 2. The Bertz CT molecular complexity index is 1550. The summed E-state index contributed by atoms with van der Waals surface area (Å²) in [6.07, 6.45) is 1.29. The van der Waals surface area contributed by atoms with Gasteiger partial charge in [-0.05, 0) is 52.2 Å². The highest BCUT2D eigenvalue weighted by Gasteiger charge is 2.72. The Labute approximate surface area is 238 Å². The van der Waals surface area contributed by atoms with Crippen molar-refractivity contribution < 1.29 is 37.0 Å². The number of carbonyl (C=O) groups excluding carboxylic acids is 3. The number of amides is 2. The van der Waals surface area contributed by atoms with Crippen LogP contribution in [0.1, 0.15) is 45.9 Å². The summed E-state index contributed by atoms with van der Waals surface area (Å²) in [6, 6.07) is 5.76. The smallest absolute Gasteiger partial charge is 0.326 e. The van der Waals surface area contributed by atoms with Gasteiger partial charge in [0.25, 0.3) is 5.91 Å². The summed E-state index contributed by atoms with van der Waals surface area (Å²) < 4.78 is 53.5. The van der Waals surface area contributed by atoms with Crippen LogP contribution in [0, 0.1) is 22.9 Å². The Morgan fingerprint density at radius 3 is 2.39 bits per heavy atom. The number of carbonyl (C=O) groups is 3. The molecule has 1 heterocycles. The average molecular weight is 593 g/mol. The summed E-state index contributed by atoms with van der Waals surface area (Å²) in [4.78, 5) is 42.3. The fourth-order valence-electron chi connectivity index (χ4n) is 5.54. The first-order chi connectivity index (χ1) is 19.2. The van der Waals surface area contributed by atoms with E-state index < -0.39 is 45.9 Å². The first-order valence-electron chi connectivity index (χ1n) is 12.9. The average Bonchev–Trinajstić information content (AvgIpc) is 3.14. The van der Waals surface area contributed by atoms with E-state index in [1.54, 1.807) is 20.8 Å². The maximum absolute atomic E-state index is 14.0. The SMILES string of the molecule is CC(C)(C)OC(=O)Cn1c(CNC(=O)C23CC(NC(=O)COc4ccc(Cl)c(F)c4)(C2)C3)nc2cc(F)c(F)cc21. The van der Waals surface area contributed by atoms with Crippen molar-refractivity contribution >= 4 is 40.4 Å². The Balaban J connectivity index is 1.18. The molecule has 0 saturated heterocycles. The lowest BCUT2D eigenvalue weighted by Gasteiger charge is -2.69. The number of rotatable bonds is 9. The van der Waals surface area contributed by atoms with Gasteiger partial charge in [-0.1, -0.05) is 11.6 Å². The summed E-state index contributed by atoms with van der Waals surface area (Å²) in [5.74, 6) is -3.69. The zero-order valence-corrected chi connectivity index (χ0v) is 23.3. The number of esters is 1. The number of ether oxygens (including phenoxy) is 2. The van der Waals surface area contributed by atoms with Gasteiger partial charge in [-0.15, -0.1) is 0 Å². The second-order valence-corrected chi connectivity index (χ2v) is 12.0. The maximum Gasteiger partial charge on any atom is 0.326 e. The zero-order chi connectivity index (χ0) is 29.7. The van der Waals surface area contributed by atoms with Gasteiger partial charge < -0.3 is 24.7 Å². The summed E-state index contributed by atoms with van der Waals surface area (Å²) in [5, 5.41) is 5.64. The second-order valence-electron chi connectivity index (χ2n) is 11.6. The van der Waals surface area contributed by atoms with Gasteiger partial charge in [0.05, 0.1) is 28.0 Å². The molecule has 3 saturated carbocycles. The first kappa shape index (κ1) is 28.7. The molecule has 13 heteroatoms. The van der Waals surface area contributed by atoms with Crippen LogP contribution in [0.3, 0.4) is 0 Å². The van der Waals surface area contributed by atoms with Crippen molar-refractivity contribution in [3.63, 3.8) is 0 Å². The van der Waals surface area contributed by atoms with E-state index in [-0.39, 0.29) is 53.2 Å². The molecule has 0 aliphatic heterocycles. The monoisotopic (exact) mass is 592 g/mol. The van der Waals surface area contributed by atoms with Crippen LogP contribution in [0.5, 0.6) is 5.75 Å². The number of aromatic nitrogens is 2. The molecule has 3 aromatic rings. The lowest BCUT2D eigenvalue weighted by Crippen LogP contribution is -2.78. The lowest BCUT2D eigenvalue weighted by molar-refractivity contribution is -0.184. The fourth-order valence-corrected chi connectivity index (χ4v) is 5.66. The Morgan fingerprint density at radius 1 is 1.05 bits per heavy atom. The molecule has 1 aromatic heterocycles. The molecule has 218 valence electrons. The van der Waals surface area contributed by atoms with Gasteiger partial charge in [-0.3, -0.25) is 14.4 Å². The molecule has 2 N–H and O–H groups in total. The van der Waals surface area contributed by atoms with Gasteiger partial charge in [0.2, 0.25) is 5.91 Å². The molecule has 2 bridgehead atoms. The number of hydrogen-bond acceptors (Lipinski definition) is 6. The van der Waals surface area contributed by atoms with E-state index in [2.05, 4.69) is 15.6 Å². The minimum atomic E-state index is -1.09. The molecule has 41 heavy (non-hydrogen) atoms. The highest BCUT2D eigenvalue weighted by Crippen LogP contribution is 2.67. The quantitative estimate of drug-likeness (QED) is 0.361. The van der Waals surface area contributed by atoms with Crippen LogP contribution in [0.4, 0.5) is 13.2 Å². The number of halogens is 4. The number of imidazole rings is 1. The van der Waals surface area contributed by atoms with Crippen LogP contribution in [-0.4, -0.2) is 45.1 Å². The molecule has 9 nitrogen and oxygen atoms in total. The lowest BCUT2D eigenvalue weighted by atomic mass is 9.39. The van der Waals surface area contributed by atoms with Crippen molar-refractivity contribution in [1.29, 1.82) is 0 Å². The topological polar surface area (TPSA) is 112 Å². The van der Waals surface area contributed by atoms with E-state index in [9.17, 15) is 27.6 Å². The highest BCUT2D eigenvalue weighted by atomic mass is 35.5. The fraction of sp³-hybridized carbons (Fsp3) is 0.429. The van der Waals surface area contributed by atoms with E-state index >= 15 is 0 Å². The Hall–Kier alpha value is -3.80. The van der Waals surface area contributed by atoms with Crippen LogP contribution in [0.2, 0.25) is 5.02 Å². The van der Waals surface area contributed by atoms with Gasteiger partial charge in [0.15, 0.2) is 18.2 Å². The zero-order valence-electron chi connectivity index (χ0n) is 22.6. The summed E-state index contributed by atoms with van der Waals surface area (Å²) in [5.41, 5.74) is -1.60. The number of fused-ring (bicyclic) bond motifs is 1. The molecular weight excluding hydrogens is 565 g/mol. The van der Waals surface area contributed by atoms with Crippen molar-refractivity contribution in [1.82, 2.24) is 20.2 Å². The Morgan fingerprint density at radius 2 is 1.73 bits per heavy atom. The van der Waals surface area contributed by atoms with Gasteiger partial charge in [-0.2, -0.15) is 0 Å². The predicted molar refractivity (Wildman–Crippen MR) is 141 cm³/mol. The molecule has 0 spiro atoms. The molecule has 3 aliphatic rings. The highest BCUT2D eigenvalue weighted by molar-refractivity contribution is 6.30. The van der Waals surface area contributed by atoms with Crippen LogP contribution in [0.25, 0.3) is 11.0 Å². The third-order valence-electron chi connectivity index (χ3n) is 7.16. The molecule has 0 unspecified atom stereocenters. The predicted octanol–water partition coefficient (Wildman–Crippen LogP) is 4.18. The van der Waals surface area contributed by atoms with Crippen LogP contribution >= 0.6 is 11.6 Å². The maximum atomic E-state index is 14.0. The van der Waals surface area contributed by atoms with Crippen LogP contribution in [0.15, 0.2) is 30.3 Å². The van der Waals surface area contributed by atoms with Crippen molar-refractivity contribution in [2.24, 2.45) is 5.41 Å². The van der Waals surface area contributed by atoms with E-state index in [1.807, 2.05) is 0 Å². The van der Waals surface area contributed by atoms with Crippen molar-refractivity contribution in [3.05, 3.63) is 58.6 Å². The van der Waals surface area contributed by atoms with E-state index in [4.69, 9.17) is 21.1 Å². The molecule has 3 aliphatic carbocycles. The largest absolute Gasteiger partial charge is 0.484 e. The molecule has 3 fully saturated rings. The van der Waals surface area contributed by atoms with Gasteiger partial charge in [0, 0.05) is 23.7 Å². The third-order valence-corrected chi connectivity index (χ3v) is 7.47. The van der Waals surface area contributed by atoms with Crippen LogP contribution in [-0.2, 0) is 32.2 Å². The Kier molecular flexibility index (Phi) is 7.17. The normalized spacial score (nSPS) is 21.0. The first-order valence-corrected chi connectivity index (χ1v) is 13.3. The third kappa shape index (κ3) is 5.83. The molecular formula is C28H28ClF3N4O5. The molecule has 0 atom stereocenters. The van der Waals surface area contributed by atoms with Crippen LogP contribution < -0.4 is 15.4 Å². The standard InChI is InChI=1S/C28H28ClF3N4O5/c1-26(2,3)41-24(38)10-36-21-8-19(32)18(31)7-20(21)34-22(36)9-33-25(39)27-12-28(13-27,14-27)35-23(37)11-40-15-4-5-16(29)17(30)6-15/h4-8H,9-14H2,1-3H3,(H,33,39)(H,35,37). The number of benzene rings is 2. The molecule has 2 aromatic carbocycles. The van der Waals surface area contributed by atoms with E-state index in [1.165, 1.54) is 16.7 Å². The van der Waals surface area contributed by atoms with Crippen molar-refractivity contribution in [3.8, 4) is 5.75 Å². The summed E-state index contributed by atoms with van der Waals surface area (Å²) in [7, 11) is 0. The second kappa shape index (κ2) is 10.2. The molecule has 0 radical (unpaired) electrons. The van der Waals surface area contributed by atoms with E-state index in [0.717, 1.165) is 18.2 Å². The van der Waals surface area contributed by atoms with Crippen molar-refractivity contribution in [2.45, 2.75) is 64.3 Å². The van der Waals surface area contributed by atoms with Gasteiger partial charge in [-0.25, -0.2) is 18.2 Å². The number of nitrogens with one attached hydrogen (secondary N) is 2. The summed E-state index contributed by atoms with van der Waals surface area (Å²) >= 11 is 5.64. The number of hydrogen-bond donors (Lipinski definition) is 2.